The van der Waals surface area contributed by atoms with Gasteiger partial charge in [0.05, 0.1) is 11.9 Å². The lowest BCUT2D eigenvalue weighted by atomic mass is 9.84. The van der Waals surface area contributed by atoms with Crippen LogP contribution in [0.4, 0.5) is 11.4 Å². The van der Waals surface area contributed by atoms with E-state index in [1.807, 2.05) is 42.6 Å². The van der Waals surface area contributed by atoms with Gasteiger partial charge in [0.1, 0.15) is 0 Å². The second-order valence-electron chi connectivity index (χ2n) is 7.31. The fraction of sp³-hybridized carbons (Fsp3) is 0.167. The number of rotatable bonds is 4. The van der Waals surface area contributed by atoms with Crippen LogP contribution in [-0.4, -0.2) is 7.05 Å². The van der Waals surface area contributed by atoms with Gasteiger partial charge < -0.3 is 4.90 Å². The molecule has 0 spiro atoms. The smallest absolute Gasteiger partial charge is 0.0996 e. The van der Waals surface area contributed by atoms with Gasteiger partial charge in [-0.1, -0.05) is 74.1 Å². The molecule has 0 saturated heterocycles. The molecule has 3 nitrogen and oxygen atoms in total. The van der Waals surface area contributed by atoms with E-state index in [9.17, 15) is 0 Å². The monoisotopic (exact) mass is 385 g/mol. The van der Waals surface area contributed by atoms with Crippen molar-refractivity contribution in [3.63, 3.8) is 0 Å². The highest BCUT2D eigenvalue weighted by Gasteiger charge is 2.38. The summed E-state index contributed by atoms with van der Waals surface area (Å²) in [4.78, 5) is 4.49. The number of azo groups is 1. The zero-order valence-electron chi connectivity index (χ0n) is 16.3. The minimum atomic E-state index is -0.0946. The zero-order valence-corrected chi connectivity index (χ0v) is 17.1. The average Bonchev–Trinajstić information content (AvgIpc) is 2.91. The van der Waals surface area contributed by atoms with Gasteiger partial charge in [0.25, 0.3) is 0 Å². The Morgan fingerprint density at radius 1 is 0.857 bits per heavy atom. The standard InChI is InChI=1S/C24H23N3S/c1-24(2)19-13-7-9-15-21(19)27(3)23(24)17-25-26-20-14-8-10-16-22(20)28-18-11-5-4-6-12-18/h4-17H,1-3H3/b23-17+,26-25+. The van der Waals surface area contributed by atoms with E-state index in [0.717, 1.165) is 16.3 Å². The lowest BCUT2D eigenvalue weighted by Gasteiger charge is -2.22. The first-order valence-corrected chi connectivity index (χ1v) is 10.2. The Kier molecular flexibility index (Phi) is 5.05. The highest BCUT2D eigenvalue weighted by atomic mass is 32.2. The summed E-state index contributed by atoms with van der Waals surface area (Å²) in [7, 11) is 2.09. The lowest BCUT2D eigenvalue weighted by molar-refractivity contribution is 0.637. The number of hydrogen-bond donors (Lipinski definition) is 0. The third kappa shape index (κ3) is 3.48. The molecule has 3 aromatic carbocycles. The summed E-state index contributed by atoms with van der Waals surface area (Å²) in [6, 6.07) is 27.0. The Morgan fingerprint density at radius 2 is 1.54 bits per heavy atom. The molecule has 0 unspecified atom stereocenters. The van der Waals surface area contributed by atoms with Crippen molar-refractivity contribution in [1.29, 1.82) is 0 Å². The van der Waals surface area contributed by atoms with Crippen molar-refractivity contribution in [2.24, 2.45) is 10.2 Å². The fourth-order valence-electron chi connectivity index (χ4n) is 3.62. The van der Waals surface area contributed by atoms with Crippen molar-refractivity contribution >= 4 is 23.1 Å². The molecular formula is C24H23N3S. The van der Waals surface area contributed by atoms with Crippen LogP contribution in [0, 0.1) is 0 Å². The average molecular weight is 386 g/mol. The maximum atomic E-state index is 4.53. The summed E-state index contributed by atoms with van der Waals surface area (Å²) >= 11 is 1.70. The van der Waals surface area contributed by atoms with Gasteiger partial charge in [-0.3, -0.25) is 0 Å². The van der Waals surface area contributed by atoms with Crippen molar-refractivity contribution in [1.82, 2.24) is 0 Å². The molecule has 3 aromatic rings. The van der Waals surface area contributed by atoms with E-state index >= 15 is 0 Å². The van der Waals surface area contributed by atoms with Gasteiger partial charge in [-0.25, -0.2) is 0 Å². The quantitative estimate of drug-likeness (QED) is 0.445. The molecule has 0 bridgehead atoms. The van der Waals surface area contributed by atoms with Gasteiger partial charge in [-0.15, -0.1) is 5.11 Å². The molecule has 4 rings (SSSR count). The summed E-state index contributed by atoms with van der Waals surface area (Å²) in [6.07, 6.45) is 1.89. The number of fused-ring (bicyclic) bond motifs is 1. The SMILES string of the molecule is CN1/C(=C/N=N/c2ccccc2Sc2ccccc2)C(C)(C)c2ccccc21. The van der Waals surface area contributed by atoms with Crippen molar-refractivity contribution < 1.29 is 0 Å². The first-order valence-electron chi connectivity index (χ1n) is 9.34. The van der Waals surface area contributed by atoms with Crippen molar-refractivity contribution in [3.8, 4) is 0 Å². The van der Waals surface area contributed by atoms with Gasteiger partial charge >= 0.3 is 0 Å². The Morgan fingerprint density at radius 3 is 2.32 bits per heavy atom. The number of likely N-dealkylation sites (N-methyl/N-ethyl adjacent to an activating group) is 1. The second-order valence-corrected chi connectivity index (χ2v) is 8.43. The fourth-order valence-corrected chi connectivity index (χ4v) is 4.52. The van der Waals surface area contributed by atoms with Gasteiger partial charge in [0, 0.05) is 33.6 Å². The predicted octanol–water partition coefficient (Wildman–Crippen LogP) is 7.19. The van der Waals surface area contributed by atoms with Gasteiger partial charge in [0.15, 0.2) is 0 Å². The van der Waals surface area contributed by atoms with Crippen LogP contribution >= 0.6 is 11.8 Å². The maximum Gasteiger partial charge on any atom is 0.0996 e. The molecule has 1 heterocycles. The Labute approximate surface area is 170 Å². The zero-order chi connectivity index (χ0) is 19.6. The van der Waals surface area contributed by atoms with Crippen molar-refractivity contribution in [3.05, 3.63) is 96.3 Å². The number of para-hydroxylation sites is 1. The molecule has 0 aliphatic carbocycles. The molecular weight excluding hydrogens is 362 g/mol. The maximum absolute atomic E-state index is 4.53. The minimum absolute atomic E-state index is 0.0946. The van der Waals surface area contributed by atoms with Gasteiger partial charge in [-0.2, -0.15) is 5.11 Å². The third-order valence-corrected chi connectivity index (χ3v) is 6.20. The molecule has 1 aliphatic heterocycles. The van der Waals surface area contributed by atoms with Gasteiger partial charge in [0.2, 0.25) is 0 Å². The molecule has 0 fully saturated rings. The van der Waals surface area contributed by atoms with Crippen molar-refractivity contribution in [2.45, 2.75) is 29.1 Å². The number of anilines is 1. The Bertz CT molecular complexity index is 1040. The first kappa shape index (κ1) is 18.5. The first-order chi connectivity index (χ1) is 13.6. The van der Waals surface area contributed by atoms with Crippen LogP contribution in [0.15, 0.2) is 111 Å². The third-order valence-electron chi connectivity index (χ3n) is 5.12. The van der Waals surface area contributed by atoms with E-state index in [4.69, 9.17) is 0 Å². The largest absolute Gasteiger partial charge is 0.346 e. The van der Waals surface area contributed by atoms with Crippen LogP contribution in [0.3, 0.4) is 0 Å². The van der Waals surface area contributed by atoms with Crippen LogP contribution in [0.2, 0.25) is 0 Å². The Hall–Kier alpha value is -2.85. The van der Waals surface area contributed by atoms with Crippen LogP contribution in [0.1, 0.15) is 19.4 Å². The summed E-state index contributed by atoms with van der Waals surface area (Å²) in [6.45, 7) is 4.46. The molecule has 4 heteroatoms. The number of hydrogen-bond acceptors (Lipinski definition) is 4. The van der Waals surface area contributed by atoms with Crippen LogP contribution in [0.5, 0.6) is 0 Å². The van der Waals surface area contributed by atoms with E-state index in [0.29, 0.717) is 0 Å². The molecule has 0 radical (unpaired) electrons. The molecule has 0 saturated carbocycles. The molecule has 0 atom stereocenters. The predicted molar refractivity (Wildman–Crippen MR) is 117 cm³/mol. The van der Waals surface area contributed by atoms with E-state index in [1.165, 1.54) is 16.1 Å². The summed E-state index contributed by atoms with van der Waals surface area (Å²) < 4.78 is 0. The molecule has 0 amide bonds. The summed E-state index contributed by atoms with van der Waals surface area (Å²) in [5.74, 6) is 0. The summed E-state index contributed by atoms with van der Waals surface area (Å²) in [5, 5.41) is 8.99. The number of nitrogens with zero attached hydrogens (tertiary/aromatic N) is 3. The minimum Gasteiger partial charge on any atom is -0.346 e. The Balaban J connectivity index is 1.61. The molecule has 140 valence electrons. The van der Waals surface area contributed by atoms with E-state index in [-0.39, 0.29) is 5.41 Å². The van der Waals surface area contributed by atoms with E-state index < -0.39 is 0 Å². The van der Waals surface area contributed by atoms with Crippen molar-refractivity contribution in [2.75, 3.05) is 11.9 Å². The molecule has 28 heavy (non-hydrogen) atoms. The van der Waals surface area contributed by atoms with Crippen LogP contribution < -0.4 is 4.90 Å². The number of benzene rings is 3. The normalized spacial score (nSPS) is 16.7. The molecule has 0 aromatic heterocycles. The lowest BCUT2D eigenvalue weighted by Crippen LogP contribution is -2.22. The number of allylic oxidation sites excluding steroid dienone is 1. The molecule has 0 N–H and O–H groups in total. The highest BCUT2D eigenvalue weighted by Crippen LogP contribution is 2.46. The molecule has 1 aliphatic rings. The van der Waals surface area contributed by atoms with E-state index in [1.54, 1.807) is 11.8 Å². The second kappa shape index (κ2) is 7.64. The van der Waals surface area contributed by atoms with E-state index in [2.05, 4.69) is 78.5 Å². The summed E-state index contributed by atoms with van der Waals surface area (Å²) in [5.41, 5.74) is 4.48. The van der Waals surface area contributed by atoms with Gasteiger partial charge in [-0.05, 0) is 35.9 Å². The topological polar surface area (TPSA) is 28.0 Å². The van der Waals surface area contributed by atoms with Crippen LogP contribution in [-0.2, 0) is 5.41 Å². The van der Waals surface area contributed by atoms with Crippen LogP contribution in [0.25, 0.3) is 0 Å². The highest BCUT2D eigenvalue weighted by molar-refractivity contribution is 7.99.